The Bertz CT molecular complexity index is 405. The van der Waals surface area contributed by atoms with E-state index in [-0.39, 0.29) is 0 Å². The van der Waals surface area contributed by atoms with E-state index >= 15 is 0 Å². The molecule has 118 valence electrons. The van der Waals surface area contributed by atoms with Crippen molar-refractivity contribution in [1.29, 1.82) is 0 Å². The summed E-state index contributed by atoms with van der Waals surface area (Å²) < 4.78 is 5.56. The smallest absolute Gasteiger partial charge is 0.0547 e. The van der Waals surface area contributed by atoms with Gasteiger partial charge in [-0.2, -0.15) is 0 Å². The molecule has 2 rings (SSSR count). The quantitative estimate of drug-likeness (QED) is 0.747. The molecule has 0 amide bonds. The van der Waals surface area contributed by atoms with Crippen LogP contribution >= 0.6 is 0 Å². The second-order valence-electron chi connectivity index (χ2n) is 6.08. The summed E-state index contributed by atoms with van der Waals surface area (Å²) in [7, 11) is 2.18. The first-order valence-electron chi connectivity index (χ1n) is 8.19. The maximum atomic E-state index is 5.56. The fraction of sp³-hybridized carbons (Fsp3) is 0.706. The zero-order valence-electron chi connectivity index (χ0n) is 13.5. The van der Waals surface area contributed by atoms with Gasteiger partial charge in [-0.1, -0.05) is 13.0 Å². The van der Waals surface area contributed by atoms with E-state index < -0.39 is 0 Å². The third-order valence-electron chi connectivity index (χ3n) is 3.85. The molecule has 1 aliphatic heterocycles. The number of nitrogens with one attached hydrogen (secondary N) is 1. The van der Waals surface area contributed by atoms with Crippen LogP contribution in [0.1, 0.15) is 37.6 Å². The zero-order valence-corrected chi connectivity index (χ0v) is 13.5. The van der Waals surface area contributed by atoms with Gasteiger partial charge < -0.3 is 15.0 Å². The maximum Gasteiger partial charge on any atom is 0.0547 e. The van der Waals surface area contributed by atoms with Crippen LogP contribution in [0.4, 0.5) is 0 Å². The Morgan fingerprint density at radius 3 is 3.00 bits per heavy atom. The normalized spacial score (nSPS) is 19.1. The maximum absolute atomic E-state index is 5.56. The lowest BCUT2D eigenvalue weighted by Gasteiger charge is -2.26. The Labute approximate surface area is 128 Å². The SMILES string of the molecule is CCCNCc1cccc(CN(C)CC2CCCOC2)n1. The van der Waals surface area contributed by atoms with Crippen molar-refractivity contribution in [3.63, 3.8) is 0 Å². The highest BCUT2D eigenvalue weighted by molar-refractivity contribution is 5.11. The van der Waals surface area contributed by atoms with Gasteiger partial charge in [-0.3, -0.25) is 4.98 Å². The Balaban J connectivity index is 1.79. The molecule has 0 aromatic carbocycles. The van der Waals surface area contributed by atoms with Gasteiger partial charge in [0.05, 0.1) is 18.0 Å². The lowest BCUT2D eigenvalue weighted by atomic mass is 10.0. The number of aromatic nitrogens is 1. The van der Waals surface area contributed by atoms with Crippen molar-refractivity contribution in [3.8, 4) is 0 Å². The molecule has 1 atom stereocenters. The van der Waals surface area contributed by atoms with Crippen molar-refractivity contribution >= 4 is 0 Å². The second-order valence-corrected chi connectivity index (χ2v) is 6.08. The van der Waals surface area contributed by atoms with Gasteiger partial charge in [0.2, 0.25) is 0 Å². The van der Waals surface area contributed by atoms with Crippen molar-refractivity contribution < 1.29 is 4.74 Å². The number of pyridine rings is 1. The van der Waals surface area contributed by atoms with Crippen LogP contribution in [0.15, 0.2) is 18.2 Å². The third kappa shape index (κ3) is 6.12. The van der Waals surface area contributed by atoms with E-state index in [1.807, 2.05) is 0 Å². The molecule has 1 aliphatic rings. The minimum absolute atomic E-state index is 0.679. The van der Waals surface area contributed by atoms with Crippen LogP contribution in [0.2, 0.25) is 0 Å². The van der Waals surface area contributed by atoms with Gasteiger partial charge in [0, 0.05) is 26.2 Å². The summed E-state index contributed by atoms with van der Waals surface area (Å²) in [5.41, 5.74) is 2.29. The molecule has 4 heteroatoms. The minimum atomic E-state index is 0.679. The first-order chi connectivity index (χ1) is 10.3. The van der Waals surface area contributed by atoms with E-state index in [4.69, 9.17) is 9.72 Å². The molecule has 0 radical (unpaired) electrons. The largest absolute Gasteiger partial charge is 0.381 e. The minimum Gasteiger partial charge on any atom is -0.381 e. The van der Waals surface area contributed by atoms with Crippen molar-refractivity contribution in [2.75, 3.05) is 33.4 Å². The molecule has 4 nitrogen and oxygen atoms in total. The Morgan fingerprint density at radius 2 is 2.24 bits per heavy atom. The van der Waals surface area contributed by atoms with E-state index in [9.17, 15) is 0 Å². The van der Waals surface area contributed by atoms with Gasteiger partial charge in [-0.25, -0.2) is 0 Å². The van der Waals surface area contributed by atoms with Gasteiger partial charge in [0.15, 0.2) is 0 Å². The summed E-state index contributed by atoms with van der Waals surface area (Å²) in [6.07, 6.45) is 3.65. The molecule has 0 saturated carbocycles. The van der Waals surface area contributed by atoms with E-state index in [1.54, 1.807) is 0 Å². The molecule has 0 bridgehead atoms. The lowest BCUT2D eigenvalue weighted by Crippen LogP contribution is -2.30. The van der Waals surface area contributed by atoms with E-state index in [1.165, 1.54) is 12.8 Å². The monoisotopic (exact) mass is 291 g/mol. The molecule has 2 heterocycles. The second kappa shape index (κ2) is 9.13. The lowest BCUT2D eigenvalue weighted by molar-refractivity contribution is 0.0410. The summed E-state index contributed by atoms with van der Waals surface area (Å²) in [4.78, 5) is 7.11. The summed E-state index contributed by atoms with van der Waals surface area (Å²) in [6.45, 7) is 7.96. The number of ether oxygens (including phenoxy) is 1. The molecule has 1 aromatic heterocycles. The number of hydrogen-bond donors (Lipinski definition) is 1. The number of hydrogen-bond acceptors (Lipinski definition) is 4. The van der Waals surface area contributed by atoms with Crippen molar-refractivity contribution in [2.45, 2.75) is 39.3 Å². The van der Waals surface area contributed by atoms with Crippen LogP contribution < -0.4 is 5.32 Å². The highest BCUT2D eigenvalue weighted by Crippen LogP contribution is 2.15. The molecule has 1 unspecified atom stereocenters. The first kappa shape index (κ1) is 16.4. The standard InChI is InChI=1S/C17H29N3O/c1-3-9-18-11-16-7-4-8-17(19-16)13-20(2)12-15-6-5-10-21-14-15/h4,7-8,15,18H,3,5-6,9-14H2,1-2H3. The highest BCUT2D eigenvalue weighted by Gasteiger charge is 2.16. The Kier molecular flexibility index (Phi) is 7.13. The molecule has 21 heavy (non-hydrogen) atoms. The molecule has 1 fully saturated rings. The molecular weight excluding hydrogens is 262 g/mol. The average molecular weight is 291 g/mol. The van der Waals surface area contributed by atoms with Crippen molar-refractivity contribution in [3.05, 3.63) is 29.6 Å². The molecule has 0 aliphatic carbocycles. The van der Waals surface area contributed by atoms with Crippen molar-refractivity contribution in [2.24, 2.45) is 5.92 Å². The molecular formula is C17H29N3O. The molecule has 1 saturated heterocycles. The Hall–Kier alpha value is -0.970. The van der Waals surface area contributed by atoms with Crippen molar-refractivity contribution in [1.82, 2.24) is 15.2 Å². The van der Waals surface area contributed by atoms with Gasteiger partial charge in [-0.05, 0) is 50.9 Å². The number of rotatable bonds is 8. The fourth-order valence-corrected chi connectivity index (χ4v) is 2.84. The Morgan fingerprint density at radius 1 is 1.38 bits per heavy atom. The molecule has 1 aromatic rings. The molecule has 0 spiro atoms. The van der Waals surface area contributed by atoms with Crippen LogP contribution in [0.25, 0.3) is 0 Å². The fourth-order valence-electron chi connectivity index (χ4n) is 2.84. The van der Waals surface area contributed by atoms with Crippen LogP contribution in [-0.4, -0.2) is 43.2 Å². The summed E-state index contributed by atoms with van der Waals surface area (Å²) in [5.74, 6) is 0.679. The number of nitrogens with zero attached hydrogens (tertiary/aromatic N) is 2. The van der Waals surface area contributed by atoms with E-state index in [0.29, 0.717) is 5.92 Å². The summed E-state index contributed by atoms with van der Waals surface area (Å²) >= 11 is 0. The van der Waals surface area contributed by atoms with Gasteiger partial charge >= 0.3 is 0 Å². The van der Waals surface area contributed by atoms with Gasteiger partial charge in [0.25, 0.3) is 0 Å². The van der Waals surface area contributed by atoms with E-state index in [0.717, 1.165) is 57.2 Å². The molecule has 1 N–H and O–H groups in total. The van der Waals surface area contributed by atoms with Crippen LogP contribution in [-0.2, 0) is 17.8 Å². The highest BCUT2D eigenvalue weighted by atomic mass is 16.5. The summed E-state index contributed by atoms with van der Waals surface area (Å²) in [5, 5.41) is 3.40. The van der Waals surface area contributed by atoms with Crippen LogP contribution in [0.3, 0.4) is 0 Å². The van der Waals surface area contributed by atoms with Gasteiger partial charge in [0.1, 0.15) is 0 Å². The van der Waals surface area contributed by atoms with Crippen LogP contribution in [0, 0.1) is 5.92 Å². The summed E-state index contributed by atoms with van der Waals surface area (Å²) in [6, 6.07) is 6.33. The van der Waals surface area contributed by atoms with E-state index in [2.05, 4.69) is 42.4 Å². The predicted octanol–water partition coefficient (Wildman–Crippen LogP) is 2.44. The first-order valence-corrected chi connectivity index (χ1v) is 8.19. The van der Waals surface area contributed by atoms with Gasteiger partial charge in [-0.15, -0.1) is 0 Å². The average Bonchev–Trinajstić information content (AvgIpc) is 2.49. The van der Waals surface area contributed by atoms with Crippen LogP contribution in [0.5, 0.6) is 0 Å². The third-order valence-corrected chi connectivity index (χ3v) is 3.85. The zero-order chi connectivity index (χ0) is 14.9. The topological polar surface area (TPSA) is 37.4 Å². The predicted molar refractivity (Wildman–Crippen MR) is 86.1 cm³/mol.